The van der Waals surface area contributed by atoms with E-state index in [1.807, 2.05) is 58.0 Å². The lowest BCUT2D eigenvalue weighted by Crippen LogP contribution is -2.09. The SMILES string of the molecule is CC.CC.c1ccc(Nc2ccc(N(c3ccccc3)c3ccccc3)cc2)cc1. The summed E-state index contributed by atoms with van der Waals surface area (Å²) in [4.78, 5) is 2.26. The zero-order chi connectivity index (χ0) is 21.6. The molecule has 4 rings (SSSR count). The van der Waals surface area contributed by atoms with Crippen LogP contribution in [0.1, 0.15) is 27.7 Å². The highest BCUT2D eigenvalue weighted by molar-refractivity contribution is 5.77. The molecule has 2 nitrogen and oxygen atoms in total. The van der Waals surface area contributed by atoms with Crippen molar-refractivity contribution in [3.8, 4) is 0 Å². The predicted molar refractivity (Wildman–Crippen MR) is 134 cm³/mol. The maximum absolute atomic E-state index is 3.43. The average molecular weight is 397 g/mol. The van der Waals surface area contributed by atoms with Gasteiger partial charge >= 0.3 is 0 Å². The van der Waals surface area contributed by atoms with E-state index in [4.69, 9.17) is 0 Å². The molecular formula is C28H32N2. The van der Waals surface area contributed by atoms with Gasteiger partial charge in [0.1, 0.15) is 0 Å². The van der Waals surface area contributed by atoms with Crippen LogP contribution in [0.15, 0.2) is 115 Å². The topological polar surface area (TPSA) is 15.3 Å². The Kier molecular flexibility index (Phi) is 9.75. The predicted octanol–water partition coefficient (Wildman–Crippen LogP) is 8.95. The number of nitrogens with one attached hydrogen (secondary N) is 1. The fourth-order valence-corrected chi connectivity index (χ4v) is 2.98. The van der Waals surface area contributed by atoms with Crippen molar-refractivity contribution >= 4 is 28.4 Å². The van der Waals surface area contributed by atoms with Crippen LogP contribution < -0.4 is 10.2 Å². The van der Waals surface area contributed by atoms with Gasteiger partial charge in [0.2, 0.25) is 0 Å². The molecule has 0 amide bonds. The Morgan fingerprint density at radius 3 is 1.17 bits per heavy atom. The molecule has 2 heteroatoms. The second kappa shape index (κ2) is 12.8. The van der Waals surface area contributed by atoms with Gasteiger partial charge in [-0.3, -0.25) is 0 Å². The van der Waals surface area contributed by atoms with Crippen molar-refractivity contribution in [3.63, 3.8) is 0 Å². The van der Waals surface area contributed by atoms with Crippen LogP contribution in [0, 0.1) is 0 Å². The van der Waals surface area contributed by atoms with Crippen LogP contribution >= 0.6 is 0 Å². The van der Waals surface area contributed by atoms with E-state index in [2.05, 4.69) is 95.1 Å². The van der Waals surface area contributed by atoms with Gasteiger partial charge in [0.05, 0.1) is 0 Å². The fourth-order valence-electron chi connectivity index (χ4n) is 2.98. The molecule has 0 bridgehead atoms. The molecular weight excluding hydrogens is 364 g/mol. The van der Waals surface area contributed by atoms with Gasteiger partial charge in [0.25, 0.3) is 0 Å². The van der Waals surface area contributed by atoms with Gasteiger partial charge in [0.15, 0.2) is 0 Å². The van der Waals surface area contributed by atoms with E-state index >= 15 is 0 Å². The van der Waals surface area contributed by atoms with E-state index in [1.54, 1.807) is 0 Å². The van der Waals surface area contributed by atoms with Crippen molar-refractivity contribution in [2.75, 3.05) is 10.2 Å². The van der Waals surface area contributed by atoms with Gasteiger partial charge in [-0.05, 0) is 60.7 Å². The lowest BCUT2D eigenvalue weighted by molar-refractivity contribution is 1.28. The average Bonchev–Trinajstić information content (AvgIpc) is 2.85. The summed E-state index contributed by atoms with van der Waals surface area (Å²) in [7, 11) is 0. The van der Waals surface area contributed by atoms with Crippen molar-refractivity contribution in [2.24, 2.45) is 0 Å². The first-order valence-corrected chi connectivity index (χ1v) is 10.7. The molecule has 154 valence electrons. The van der Waals surface area contributed by atoms with Crippen LogP contribution in [0.4, 0.5) is 28.4 Å². The van der Waals surface area contributed by atoms with Crippen LogP contribution in [0.2, 0.25) is 0 Å². The fraction of sp³-hybridized carbons (Fsp3) is 0.143. The maximum atomic E-state index is 3.43. The van der Waals surface area contributed by atoms with E-state index in [0.717, 1.165) is 28.4 Å². The number of rotatable bonds is 5. The largest absolute Gasteiger partial charge is 0.356 e. The summed E-state index contributed by atoms with van der Waals surface area (Å²) in [6.07, 6.45) is 0. The minimum Gasteiger partial charge on any atom is -0.356 e. The van der Waals surface area contributed by atoms with E-state index in [-0.39, 0.29) is 0 Å². The number of nitrogens with zero attached hydrogens (tertiary/aromatic N) is 1. The lowest BCUT2D eigenvalue weighted by Gasteiger charge is -2.25. The summed E-state index contributed by atoms with van der Waals surface area (Å²) in [5.74, 6) is 0. The Bertz CT molecular complexity index is 895. The summed E-state index contributed by atoms with van der Waals surface area (Å²) in [6.45, 7) is 8.00. The van der Waals surface area contributed by atoms with Crippen LogP contribution in [-0.4, -0.2) is 0 Å². The third kappa shape index (κ3) is 6.25. The zero-order valence-electron chi connectivity index (χ0n) is 18.4. The van der Waals surface area contributed by atoms with E-state index in [0.29, 0.717) is 0 Å². The molecule has 0 spiro atoms. The molecule has 0 unspecified atom stereocenters. The molecule has 0 radical (unpaired) electrons. The first-order chi connectivity index (χ1) is 14.9. The molecule has 0 saturated carbocycles. The van der Waals surface area contributed by atoms with Gasteiger partial charge in [-0.1, -0.05) is 82.3 Å². The first kappa shape index (κ1) is 22.8. The Morgan fingerprint density at radius 2 is 0.733 bits per heavy atom. The van der Waals surface area contributed by atoms with Crippen LogP contribution in [0.5, 0.6) is 0 Å². The van der Waals surface area contributed by atoms with Crippen molar-refractivity contribution in [3.05, 3.63) is 115 Å². The summed E-state index contributed by atoms with van der Waals surface area (Å²) in [6, 6.07) is 39.6. The van der Waals surface area contributed by atoms with Gasteiger partial charge in [0, 0.05) is 28.4 Å². The summed E-state index contributed by atoms with van der Waals surface area (Å²) in [5, 5.41) is 3.43. The van der Waals surface area contributed by atoms with Gasteiger partial charge in [-0.15, -0.1) is 0 Å². The van der Waals surface area contributed by atoms with Crippen LogP contribution in [0.25, 0.3) is 0 Å². The van der Waals surface area contributed by atoms with Gasteiger partial charge in [-0.25, -0.2) is 0 Å². The van der Waals surface area contributed by atoms with Gasteiger partial charge in [-0.2, -0.15) is 0 Å². The molecule has 0 atom stereocenters. The van der Waals surface area contributed by atoms with E-state index in [1.165, 1.54) is 0 Å². The van der Waals surface area contributed by atoms with E-state index < -0.39 is 0 Å². The molecule has 4 aromatic rings. The standard InChI is InChI=1S/C24H20N2.2C2H6/c1-4-10-20(11-5-1)25-21-16-18-24(19-17-21)26(22-12-6-2-7-13-22)23-14-8-3-9-15-23;2*1-2/h1-19,25H;2*1-2H3. The molecule has 4 aromatic carbocycles. The normalized spacial score (nSPS) is 9.33. The number of para-hydroxylation sites is 3. The Labute approximate surface area is 181 Å². The monoisotopic (exact) mass is 396 g/mol. The van der Waals surface area contributed by atoms with Crippen molar-refractivity contribution < 1.29 is 0 Å². The first-order valence-electron chi connectivity index (χ1n) is 10.7. The molecule has 0 heterocycles. The third-order valence-electron chi connectivity index (χ3n) is 4.22. The minimum atomic E-state index is 1.07. The van der Waals surface area contributed by atoms with Crippen molar-refractivity contribution in [1.29, 1.82) is 0 Å². The third-order valence-corrected chi connectivity index (χ3v) is 4.22. The highest BCUT2D eigenvalue weighted by atomic mass is 15.1. The molecule has 30 heavy (non-hydrogen) atoms. The number of anilines is 5. The lowest BCUT2D eigenvalue weighted by atomic mass is 10.2. The van der Waals surface area contributed by atoms with Crippen LogP contribution in [-0.2, 0) is 0 Å². The second-order valence-corrected chi connectivity index (χ2v) is 6.04. The summed E-state index contributed by atoms with van der Waals surface area (Å²) < 4.78 is 0. The molecule has 0 fully saturated rings. The van der Waals surface area contributed by atoms with Crippen molar-refractivity contribution in [2.45, 2.75) is 27.7 Å². The van der Waals surface area contributed by atoms with Crippen molar-refractivity contribution in [1.82, 2.24) is 0 Å². The number of benzene rings is 4. The number of hydrogen-bond acceptors (Lipinski definition) is 2. The summed E-state index contributed by atoms with van der Waals surface area (Å²) >= 11 is 0. The summed E-state index contributed by atoms with van der Waals surface area (Å²) in [5.41, 5.74) is 5.56. The second-order valence-electron chi connectivity index (χ2n) is 6.04. The minimum absolute atomic E-state index is 1.07. The Hall–Kier alpha value is -3.52. The van der Waals surface area contributed by atoms with Crippen LogP contribution in [0.3, 0.4) is 0 Å². The van der Waals surface area contributed by atoms with E-state index in [9.17, 15) is 0 Å². The highest BCUT2D eigenvalue weighted by Gasteiger charge is 2.11. The quantitative estimate of drug-likeness (QED) is 0.362. The molecule has 1 N–H and O–H groups in total. The smallest absolute Gasteiger partial charge is 0.0463 e. The highest BCUT2D eigenvalue weighted by Crippen LogP contribution is 2.34. The molecule has 0 aromatic heterocycles. The molecule has 0 aliphatic heterocycles. The molecule has 0 aliphatic rings. The molecule has 0 aliphatic carbocycles. The van der Waals surface area contributed by atoms with Gasteiger partial charge < -0.3 is 10.2 Å². The molecule has 0 saturated heterocycles. The Morgan fingerprint density at radius 1 is 0.400 bits per heavy atom. The Balaban J connectivity index is 0.000000757. The maximum Gasteiger partial charge on any atom is 0.0463 e. The number of hydrogen-bond donors (Lipinski definition) is 1. The zero-order valence-corrected chi connectivity index (χ0v) is 18.4.